The third kappa shape index (κ3) is 6.38. The minimum absolute atomic E-state index is 0. The smallest absolute Gasteiger partial charge is 0.193 e. The van der Waals surface area contributed by atoms with Gasteiger partial charge in [0.1, 0.15) is 11.5 Å². The Labute approximate surface area is 171 Å². The number of aliphatic hydroxyl groups excluding tert-OH is 1. The van der Waals surface area contributed by atoms with E-state index in [1.165, 1.54) is 0 Å². The lowest BCUT2D eigenvalue weighted by molar-refractivity contribution is 0.280. The minimum atomic E-state index is -0.0239. The summed E-state index contributed by atoms with van der Waals surface area (Å²) in [7, 11) is 0. The standard InChI is InChI=1S/C19H25N3O3.HI/c1-3-24-16-9-10-18(25-4-2)17(11-16)22-19(20)21-12-14-7-5-6-8-15(14)13-23;/h5-11,23H,3-4,12-13H2,1-2H3,(H3,20,21,22);1H. The molecule has 0 unspecified atom stereocenters. The van der Waals surface area contributed by atoms with Gasteiger partial charge in [-0.3, -0.25) is 0 Å². The molecule has 4 N–H and O–H groups in total. The Kier molecular flexibility index (Phi) is 9.82. The van der Waals surface area contributed by atoms with Gasteiger partial charge in [-0.1, -0.05) is 24.3 Å². The van der Waals surface area contributed by atoms with E-state index in [0.29, 0.717) is 31.2 Å². The Bertz CT molecular complexity index is 723. The molecule has 0 heterocycles. The van der Waals surface area contributed by atoms with Gasteiger partial charge in [0.15, 0.2) is 5.96 Å². The SMILES string of the molecule is CCOc1ccc(OCC)c(NC(N)=NCc2ccccc2CO)c1.I. The highest BCUT2D eigenvalue weighted by Gasteiger charge is 2.07. The molecule has 7 heteroatoms. The molecule has 0 spiro atoms. The molecule has 0 atom stereocenters. The fraction of sp³-hybridized carbons (Fsp3) is 0.316. The van der Waals surface area contributed by atoms with Gasteiger partial charge in [-0.15, -0.1) is 24.0 Å². The van der Waals surface area contributed by atoms with Gasteiger partial charge in [0.25, 0.3) is 0 Å². The molecule has 0 aromatic heterocycles. The average molecular weight is 471 g/mol. The predicted octanol–water partition coefficient (Wildman–Crippen LogP) is 3.52. The Balaban J connectivity index is 0.00000338. The van der Waals surface area contributed by atoms with Crippen molar-refractivity contribution in [1.82, 2.24) is 0 Å². The number of nitrogens with one attached hydrogen (secondary N) is 1. The summed E-state index contributed by atoms with van der Waals surface area (Å²) in [6, 6.07) is 13.1. The zero-order valence-corrected chi connectivity index (χ0v) is 17.4. The lowest BCUT2D eigenvalue weighted by Gasteiger charge is -2.14. The normalized spacial score (nSPS) is 10.8. The first-order chi connectivity index (χ1) is 12.2. The highest BCUT2D eigenvalue weighted by molar-refractivity contribution is 14.0. The van der Waals surface area contributed by atoms with E-state index < -0.39 is 0 Å². The van der Waals surface area contributed by atoms with Crippen molar-refractivity contribution in [3.63, 3.8) is 0 Å². The van der Waals surface area contributed by atoms with Crippen LogP contribution < -0.4 is 20.5 Å². The first kappa shape index (κ1) is 22.0. The number of guanidine groups is 1. The number of halogens is 1. The largest absolute Gasteiger partial charge is 0.494 e. The third-order valence-corrected chi connectivity index (χ3v) is 3.53. The van der Waals surface area contributed by atoms with Crippen molar-refractivity contribution in [2.45, 2.75) is 27.0 Å². The van der Waals surface area contributed by atoms with E-state index in [1.807, 2.05) is 56.3 Å². The van der Waals surface area contributed by atoms with Crippen LogP contribution in [0.3, 0.4) is 0 Å². The first-order valence-corrected chi connectivity index (χ1v) is 8.32. The quantitative estimate of drug-likeness (QED) is 0.312. The topological polar surface area (TPSA) is 89.1 Å². The number of anilines is 1. The summed E-state index contributed by atoms with van der Waals surface area (Å²) in [5.41, 5.74) is 8.49. The lowest BCUT2D eigenvalue weighted by Crippen LogP contribution is -2.23. The summed E-state index contributed by atoms with van der Waals surface area (Å²) in [4.78, 5) is 4.35. The second kappa shape index (κ2) is 11.6. The third-order valence-electron chi connectivity index (χ3n) is 3.53. The molecule has 2 aromatic carbocycles. The van der Waals surface area contributed by atoms with Crippen LogP contribution in [0.15, 0.2) is 47.5 Å². The summed E-state index contributed by atoms with van der Waals surface area (Å²) in [5.74, 6) is 1.68. The minimum Gasteiger partial charge on any atom is -0.494 e. The summed E-state index contributed by atoms with van der Waals surface area (Å²) in [6.07, 6.45) is 0. The van der Waals surface area contributed by atoms with Crippen molar-refractivity contribution in [3.05, 3.63) is 53.6 Å². The fourth-order valence-corrected chi connectivity index (χ4v) is 2.36. The van der Waals surface area contributed by atoms with Gasteiger partial charge in [0, 0.05) is 6.07 Å². The lowest BCUT2D eigenvalue weighted by atomic mass is 10.1. The monoisotopic (exact) mass is 471 g/mol. The number of aliphatic imine (C=N–C) groups is 1. The Hall–Kier alpha value is -2.00. The number of aliphatic hydroxyl groups is 1. The predicted molar refractivity (Wildman–Crippen MR) is 116 cm³/mol. The highest BCUT2D eigenvalue weighted by atomic mass is 127. The molecule has 0 fully saturated rings. The average Bonchev–Trinajstić information content (AvgIpc) is 2.62. The molecule has 0 saturated heterocycles. The zero-order chi connectivity index (χ0) is 18.1. The second-order valence-electron chi connectivity index (χ2n) is 5.28. The first-order valence-electron chi connectivity index (χ1n) is 8.32. The van der Waals surface area contributed by atoms with Gasteiger partial charge < -0.3 is 25.6 Å². The van der Waals surface area contributed by atoms with Crippen LogP contribution in [0.5, 0.6) is 11.5 Å². The molecular formula is C19H26IN3O3. The van der Waals surface area contributed by atoms with Crippen molar-refractivity contribution in [1.29, 1.82) is 0 Å². The van der Waals surface area contributed by atoms with Crippen molar-refractivity contribution in [2.75, 3.05) is 18.5 Å². The van der Waals surface area contributed by atoms with Gasteiger partial charge in [-0.2, -0.15) is 0 Å². The number of rotatable bonds is 8. The van der Waals surface area contributed by atoms with Crippen LogP contribution in [0.2, 0.25) is 0 Å². The number of hydrogen-bond donors (Lipinski definition) is 3. The molecule has 2 aromatic rings. The van der Waals surface area contributed by atoms with E-state index in [0.717, 1.165) is 16.9 Å². The van der Waals surface area contributed by atoms with E-state index in [1.54, 1.807) is 0 Å². The zero-order valence-electron chi connectivity index (χ0n) is 15.1. The Morgan fingerprint density at radius 1 is 1.08 bits per heavy atom. The van der Waals surface area contributed by atoms with Crippen LogP contribution in [-0.4, -0.2) is 24.3 Å². The van der Waals surface area contributed by atoms with Crippen molar-refractivity contribution in [2.24, 2.45) is 10.7 Å². The second-order valence-corrected chi connectivity index (χ2v) is 5.28. The van der Waals surface area contributed by atoms with Crippen LogP contribution in [0.25, 0.3) is 0 Å². The molecule has 142 valence electrons. The van der Waals surface area contributed by atoms with Crippen LogP contribution in [0.4, 0.5) is 5.69 Å². The highest BCUT2D eigenvalue weighted by Crippen LogP contribution is 2.29. The van der Waals surface area contributed by atoms with Crippen molar-refractivity contribution >= 4 is 35.6 Å². The molecule has 0 amide bonds. The molecule has 26 heavy (non-hydrogen) atoms. The summed E-state index contributed by atoms with van der Waals surface area (Å²) >= 11 is 0. The van der Waals surface area contributed by atoms with Gasteiger partial charge in [-0.05, 0) is 37.1 Å². The number of nitrogens with zero attached hydrogens (tertiary/aromatic N) is 1. The summed E-state index contributed by atoms with van der Waals surface area (Å²) < 4.78 is 11.1. The molecule has 6 nitrogen and oxygen atoms in total. The molecular weight excluding hydrogens is 445 g/mol. The molecule has 0 saturated carbocycles. The molecule has 0 aliphatic heterocycles. The maximum absolute atomic E-state index is 9.37. The van der Waals surface area contributed by atoms with Gasteiger partial charge in [0.05, 0.1) is 32.1 Å². The molecule has 2 rings (SSSR count). The molecule has 0 aliphatic rings. The van der Waals surface area contributed by atoms with Crippen LogP contribution >= 0.6 is 24.0 Å². The number of ether oxygens (including phenoxy) is 2. The summed E-state index contributed by atoms with van der Waals surface area (Å²) in [6.45, 7) is 5.33. The van der Waals surface area contributed by atoms with E-state index in [2.05, 4.69) is 10.3 Å². The maximum Gasteiger partial charge on any atom is 0.193 e. The number of nitrogens with two attached hydrogens (primary N) is 1. The Morgan fingerprint density at radius 3 is 2.42 bits per heavy atom. The molecule has 0 bridgehead atoms. The molecule has 0 aliphatic carbocycles. The maximum atomic E-state index is 9.37. The van der Waals surface area contributed by atoms with Crippen LogP contribution in [0, 0.1) is 0 Å². The Morgan fingerprint density at radius 2 is 1.77 bits per heavy atom. The van der Waals surface area contributed by atoms with Gasteiger partial charge >= 0.3 is 0 Å². The van der Waals surface area contributed by atoms with E-state index in [4.69, 9.17) is 15.2 Å². The van der Waals surface area contributed by atoms with E-state index in [9.17, 15) is 5.11 Å². The fourth-order valence-electron chi connectivity index (χ4n) is 2.36. The van der Waals surface area contributed by atoms with Gasteiger partial charge in [0.2, 0.25) is 0 Å². The van der Waals surface area contributed by atoms with Gasteiger partial charge in [-0.25, -0.2) is 4.99 Å². The van der Waals surface area contributed by atoms with Crippen LogP contribution in [-0.2, 0) is 13.2 Å². The summed E-state index contributed by atoms with van der Waals surface area (Å²) in [5, 5.41) is 12.4. The van der Waals surface area contributed by atoms with E-state index in [-0.39, 0.29) is 36.5 Å². The number of hydrogen-bond acceptors (Lipinski definition) is 4. The van der Waals surface area contributed by atoms with Crippen LogP contribution in [0.1, 0.15) is 25.0 Å². The number of benzene rings is 2. The van der Waals surface area contributed by atoms with Crippen molar-refractivity contribution < 1.29 is 14.6 Å². The molecule has 0 radical (unpaired) electrons. The van der Waals surface area contributed by atoms with Crippen molar-refractivity contribution in [3.8, 4) is 11.5 Å². The van der Waals surface area contributed by atoms with E-state index >= 15 is 0 Å².